The van der Waals surface area contributed by atoms with Crippen molar-refractivity contribution < 1.29 is 23.7 Å². The molecule has 7 nitrogen and oxygen atoms in total. The minimum Gasteiger partial charge on any atom is -0.497 e. The molecule has 31 heavy (non-hydrogen) atoms. The average molecular weight is 424 g/mol. The van der Waals surface area contributed by atoms with Crippen molar-refractivity contribution in [3.05, 3.63) is 47.5 Å². The van der Waals surface area contributed by atoms with Gasteiger partial charge in [0, 0.05) is 38.0 Å². The van der Waals surface area contributed by atoms with Crippen molar-refractivity contribution in [3.63, 3.8) is 0 Å². The quantitative estimate of drug-likeness (QED) is 0.463. The van der Waals surface area contributed by atoms with Crippen LogP contribution in [0.4, 0.5) is 5.69 Å². The number of carbonyl (C=O) groups excluding carboxylic acids is 1. The second kappa shape index (κ2) is 11.2. The van der Waals surface area contributed by atoms with Crippen LogP contribution >= 0.6 is 0 Å². The smallest absolute Gasteiger partial charge is 0.207 e. The molecule has 0 spiro atoms. The number of nitrogens with zero attached hydrogens (tertiary/aromatic N) is 1. The number of hydrogen-bond acceptors (Lipinski definition) is 6. The van der Waals surface area contributed by atoms with E-state index in [1.54, 1.807) is 27.5 Å². The van der Waals surface area contributed by atoms with Crippen LogP contribution < -0.4 is 19.5 Å². The van der Waals surface area contributed by atoms with E-state index in [2.05, 4.69) is 16.4 Å². The van der Waals surface area contributed by atoms with E-state index in [0.717, 1.165) is 34.6 Å². The van der Waals surface area contributed by atoms with Gasteiger partial charge in [0.15, 0.2) is 11.5 Å². The molecule has 2 aromatic rings. The van der Waals surface area contributed by atoms with Gasteiger partial charge in [-0.1, -0.05) is 12.1 Å². The number of carbonyl (C=O) groups is 1. The van der Waals surface area contributed by atoms with Gasteiger partial charge in [-0.3, -0.25) is 9.79 Å². The number of ether oxygens (including phenoxy) is 4. The third-order valence-electron chi connectivity index (χ3n) is 4.97. The normalized spacial score (nSPS) is 16.9. The third kappa shape index (κ3) is 5.86. The summed E-state index contributed by atoms with van der Waals surface area (Å²) in [6.45, 7) is 1.13. The number of nitrogens with one attached hydrogen (secondary N) is 1. The average Bonchev–Trinajstić information content (AvgIpc) is 2.79. The number of rotatable bonds is 10. The van der Waals surface area contributed by atoms with E-state index in [-0.39, 0.29) is 6.04 Å². The Balaban J connectivity index is 2.00. The van der Waals surface area contributed by atoms with Crippen molar-refractivity contribution in [2.45, 2.75) is 18.9 Å². The highest BCUT2D eigenvalue weighted by Crippen LogP contribution is 2.38. The van der Waals surface area contributed by atoms with E-state index in [0.29, 0.717) is 37.5 Å². The number of methoxy groups -OCH3 is 3. The van der Waals surface area contributed by atoms with Crippen LogP contribution in [0.15, 0.2) is 41.4 Å². The molecule has 0 saturated heterocycles. The zero-order chi connectivity index (χ0) is 22.1. The van der Waals surface area contributed by atoms with Gasteiger partial charge in [-0.15, -0.1) is 0 Å². The van der Waals surface area contributed by atoms with Crippen LogP contribution in [-0.4, -0.2) is 53.2 Å². The monoisotopic (exact) mass is 424 g/mol. The molecule has 1 aliphatic heterocycles. The number of fused-ring (bicyclic) bond motifs is 1. The third-order valence-corrected chi connectivity index (χ3v) is 4.97. The first kappa shape index (κ1) is 22.4. The number of benzene rings is 2. The first-order chi connectivity index (χ1) is 15.2. The van der Waals surface area contributed by atoms with Gasteiger partial charge in [0.25, 0.3) is 0 Å². The molecule has 2 aromatic carbocycles. The SMILES string of the molecule is COCCCOc1cc2c(cc1OC)/C=C(/c1ccc(OC)cc1)CC(NC=O)C=N2. The predicted octanol–water partition coefficient (Wildman–Crippen LogP) is 3.88. The zero-order valence-corrected chi connectivity index (χ0v) is 18.1. The largest absolute Gasteiger partial charge is 0.497 e. The summed E-state index contributed by atoms with van der Waals surface area (Å²) in [5.41, 5.74) is 3.75. The molecule has 1 unspecified atom stereocenters. The van der Waals surface area contributed by atoms with Crippen LogP contribution in [0.1, 0.15) is 24.0 Å². The first-order valence-corrected chi connectivity index (χ1v) is 10.1. The summed E-state index contributed by atoms with van der Waals surface area (Å²) >= 11 is 0. The second-order valence-electron chi connectivity index (χ2n) is 7.03. The van der Waals surface area contributed by atoms with Crippen LogP contribution in [0.25, 0.3) is 11.6 Å². The molecule has 0 fully saturated rings. The molecule has 0 aromatic heterocycles. The van der Waals surface area contributed by atoms with E-state index in [1.807, 2.05) is 36.4 Å². The number of amides is 1. The molecule has 1 N–H and O–H groups in total. The highest BCUT2D eigenvalue weighted by Gasteiger charge is 2.17. The van der Waals surface area contributed by atoms with Crippen molar-refractivity contribution in [1.29, 1.82) is 0 Å². The Kier molecular flexibility index (Phi) is 8.06. The number of aliphatic imine (C=N–C) groups is 1. The van der Waals surface area contributed by atoms with Crippen molar-refractivity contribution in [3.8, 4) is 17.2 Å². The molecule has 1 heterocycles. The lowest BCUT2D eigenvalue weighted by Gasteiger charge is -2.19. The van der Waals surface area contributed by atoms with Crippen LogP contribution in [0, 0.1) is 0 Å². The molecular formula is C24H28N2O5. The van der Waals surface area contributed by atoms with E-state index in [4.69, 9.17) is 18.9 Å². The summed E-state index contributed by atoms with van der Waals surface area (Å²) in [6.07, 6.45) is 5.90. The molecule has 1 atom stereocenters. The second-order valence-corrected chi connectivity index (χ2v) is 7.03. The molecular weight excluding hydrogens is 396 g/mol. The van der Waals surface area contributed by atoms with Gasteiger partial charge in [0.1, 0.15) is 5.75 Å². The molecule has 0 saturated carbocycles. The maximum absolute atomic E-state index is 11.1. The summed E-state index contributed by atoms with van der Waals surface area (Å²) in [5.74, 6) is 2.05. The minimum absolute atomic E-state index is 0.229. The fourth-order valence-electron chi connectivity index (χ4n) is 3.35. The van der Waals surface area contributed by atoms with Crippen LogP contribution in [-0.2, 0) is 9.53 Å². The van der Waals surface area contributed by atoms with Gasteiger partial charge in [-0.05, 0) is 41.8 Å². The Morgan fingerprint density at radius 2 is 1.87 bits per heavy atom. The Hall–Kier alpha value is -3.32. The summed E-state index contributed by atoms with van der Waals surface area (Å²) < 4.78 is 21.8. The standard InChI is InChI=1S/C24H28N2O5/c1-28-9-4-10-31-24-14-22-19(13-23(24)30-3)11-18(12-20(15-25-22)26-16-27)17-5-7-21(29-2)8-6-17/h5-8,11,13-16,20H,4,9-10,12H2,1-3H3,(H,26,27)/b18-11+,25-15?. The highest BCUT2D eigenvalue weighted by atomic mass is 16.5. The summed E-state index contributed by atoms with van der Waals surface area (Å²) in [5, 5.41) is 2.83. The lowest BCUT2D eigenvalue weighted by Crippen LogP contribution is -2.29. The van der Waals surface area contributed by atoms with Gasteiger partial charge < -0.3 is 24.3 Å². The van der Waals surface area contributed by atoms with Crippen molar-refractivity contribution in [2.24, 2.45) is 4.99 Å². The number of hydrogen-bond donors (Lipinski definition) is 1. The molecule has 1 amide bonds. The minimum atomic E-state index is -0.229. The Labute approximate surface area is 182 Å². The first-order valence-electron chi connectivity index (χ1n) is 10.1. The van der Waals surface area contributed by atoms with Gasteiger partial charge in [-0.2, -0.15) is 0 Å². The Morgan fingerprint density at radius 1 is 1.06 bits per heavy atom. The lowest BCUT2D eigenvalue weighted by molar-refractivity contribution is -0.109. The maximum Gasteiger partial charge on any atom is 0.207 e. The topological polar surface area (TPSA) is 78.4 Å². The maximum atomic E-state index is 11.1. The molecule has 1 aliphatic rings. The van der Waals surface area contributed by atoms with Gasteiger partial charge in [-0.25, -0.2) is 0 Å². The Bertz CT molecular complexity index is 938. The molecule has 0 radical (unpaired) electrons. The van der Waals surface area contributed by atoms with Crippen molar-refractivity contribution in [2.75, 3.05) is 34.5 Å². The summed E-state index contributed by atoms with van der Waals surface area (Å²) in [4.78, 5) is 15.7. The molecule has 164 valence electrons. The molecule has 7 heteroatoms. The van der Waals surface area contributed by atoms with Gasteiger partial charge in [0.05, 0.1) is 32.6 Å². The summed E-state index contributed by atoms with van der Waals surface area (Å²) in [6, 6.07) is 11.4. The van der Waals surface area contributed by atoms with Crippen molar-refractivity contribution >= 4 is 30.0 Å². The van der Waals surface area contributed by atoms with Gasteiger partial charge >= 0.3 is 0 Å². The molecule has 3 rings (SSSR count). The van der Waals surface area contributed by atoms with E-state index in [1.165, 1.54) is 0 Å². The zero-order valence-electron chi connectivity index (χ0n) is 18.1. The summed E-state index contributed by atoms with van der Waals surface area (Å²) in [7, 11) is 4.92. The van der Waals surface area contributed by atoms with Crippen LogP contribution in [0.5, 0.6) is 17.2 Å². The fraction of sp³-hybridized carbons (Fsp3) is 0.333. The van der Waals surface area contributed by atoms with E-state index in [9.17, 15) is 4.79 Å². The predicted molar refractivity (Wildman–Crippen MR) is 122 cm³/mol. The fourth-order valence-corrected chi connectivity index (χ4v) is 3.35. The highest BCUT2D eigenvalue weighted by molar-refractivity contribution is 5.90. The van der Waals surface area contributed by atoms with E-state index >= 15 is 0 Å². The molecule has 0 bridgehead atoms. The Morgan fingerprint density at radius 3 is 2.55 bits per heavy atom. The van der Waals surface area contributed by atoms with Crippen LogP contribution in [0.2, 0.25) is 0 Å². The van der Waals surface area contributed by atoms with E-state index < -0.39 is 0 Å². The van der Waals surface area contributed by atoms with Crippen LogP contribution in [0.3, 0.4) is 0 Å². The van der Waals surface area contributed by atoms with Gasteiger partial charge in [0.2, 0.25) is 6.41 Å². The van der Waals surface area contributed by atoms with Crippen molar-refractivity contribution in [1.82, 2.24) is 5.32 Å². The molecule has 0 aliphatic carbocycles. The lowest BCUT2D eigenvalue weighted by atomic mass is 9.94.